The third-order valence-electron chi connectivity index (χ3n) is 6.55. The highest BCUT2D eigenvalue weighted by molar-refractivity contribution is 5.83. The minimum absolute atomic E-state index is 0.553. The van der Waals surface area contributed by atoms with E-state index in [1.807, 2.05) is 24.3 Å². The molecule has 0 amide bonds. The van der Waals surface area contributed by atoms with E-state index in [2.05, 4.69) is 40.3 Å². The topological polar surface area (TPSA) is 79.8 Å². The zero-order valence-electron chi connectivity index (χ0n) is 18.4. The number of aryl methyl sites for hydroxylation is 1. The van der Waals surface area contributed by atoms with Gasteiger partial charge in [-0.1, -0.05) is 0 Å². The van der Waals surface area contributed by atoms with Gasteiger partial charge in [-0.15, -0.1) is 0 Å². The molecule has 2 aliphatic rings. The maximum absolute atomic E-state index is 6.12. The van der Waals surface area contributed by atoms with E-state index in [0.717, 1.165) is 66.1 Å². The SMILES string of the molecule is CN(C)[C@@H]1CCc2oc3nc(Nc4ccc5oc(N6CCOCC6)nc5c4)ccc3c2C1. The molecule has 1 aromatic carbocycles. The summed E-state index contributed by atoms with van der Waals surface area (Å²) in [5.41, 5.74) is 4.52. The second-order valence-corrected chi connectivity index (χ2v) is 8.82. The van der Waals surface area contributed by atoms with Gasteiger partial charge in [0.25, 0.3) is 6.01 Å². The zero-order chi connectivity index (χ0) is 21.7. The molecule has 1 saturated heterocycles. The van der Waals surface area contributed by atoms with E-state index in [1.54, 1.807) is 0 Å². The van der Waals surface area contributed by atoms with Crippen molar-refractivity contribution in [1.29, 1.82) is 0 Å². The maximum atomic E-state index is 6.12. The summed E-state index contributed by atoms with van der Waals surface area (Å²) in [6, 6.07) is 11.3. The molecule has 1 aliphatic heterocycles. The Morgan fingerprint density at radius 1 is 1.06 bits per heavy atom. The van der Waals surface area contributed by atoms with Gasteiger partial charge in [-0.05, 0) is 57.3 Å². The number of hydrogen-bond acceptors (Lipinski definition) is 8. The van der Waals surface area contributed by atoms with Crippen molar-refractivity contribution in [3.05, 3.63) is 41.7 Å². The standard InChI is InChI=1S/C24H27N5O3/c1-28(2)16-4-7-20-18(14-16)17-5-8-22(27-23(17)31-20)25-15-3-6-21-19(13-15)26-24(32-21)29-9-11-30-12-10-29/h3,5-6,8,13,16H,4,7,9-12,14H2,1-2H3,(H,25,27)/t16-/m1/s1. The third-order valence-corrected chi connectivity index (χ3v) is 6.55. The lowest BCUT2D eigenvalue weighted by Gasteiger charge is -2.27. The predicted molar refractivity (Wildman–Crippen MR) is 124 cm³/mol. The van der Waals surface area contributed by atoms with Gasteiger partial charge in [0.2, 0.25) is 5.71 Å². The lowest BCUT2D eigenvalue weighted by Crippen LogP contribution is -2.36. The highest BCUT2D eigenvalue weighted by atomic mass is 16.5. The van der Waals surface area contributed by atoms with Crippen LogP contribution in [0.25, 0.3) is 22.2 Å². The number of rotatable bonds is 4. The molecule has 0 radical (unpaired) electrons. The fraction of sp³-hybridized carbons (Fsp3) is 0.417. The number of anilines is 3. The summed E-state index contributed by atoms with van der Waals surface area (Å²) in [6.45, 7) is 2.99. The molecule has 3 aromatic heterocycles. The summed E-state index contributed by atoms with van der Waals surface area (Å²) in [4.78, 5) is 13.8. The fourth-order valence-electron chi connectivity index (χ4n) is 4.68. The van der Waals surface area contributed by atoms with Gasteiger partial charge in [0.1, 0.15) is 17.1 Å². The van der Waals surface area contributed by atoms with Crippen LogP contribution >= 0.6 is 0 Å². The molecule has 0 bridgehead atoms. The quantitative estimate of drug-likeness (QED) is 0.518. The Hall–Kier alpha value is -3.10. The van der Waals surface area contributed by atoms with Gasteiger partial charge >= 0.3 is 0 Å². The van der Waals surface area contributed by atoms with Crippen molar-refractivity contribution in [3.63, 3.8) is 0 Å². The first-order valence-corrected chi connectivity index (χ1v) is 11.2. The summed E-state index contributed by atoms with van der Waals surface area (Å²) >= 11 is 0. The van der Waals surface area contributed by atoms with Crippen molar-refractivity contribution in [2.75, 3.05) is 50.6 Å². The Kier molecular flexibility index (Phi) is 4.77. The molecule has 32 heavy (non-hydrogen) atoms. The summed E-state index contributed by atoms with van der Waals surface area (Å²) in [5.74, 6) is 1.84. The number of nitrogens with zero attached hydrogens (tertiary/aromatic N) is 4. The number of hydrogen-bond donors (Lipinski definition) is 1. The number of aromatic nitrogens is 2. The van der Waals surface area contributed by atoms with E-state index in [9.17, 15) is 0 Å². The normalized spacial score (nSPS) is 19.1. The van der Waals surface area contributed by atoms with Crippen LogP contribution in [0.4, 0.5) is 17.5 Å². The highest BCUT2D eigenvalue weighted by Crippen LogP contribution is 2.33. The molecule has 0 unspecified atom stereocenters. The maximum Gasteiger partial charge on any atom is 0.298 e. The molecule has 1 aliphatic carbocycles. The van der Waals surface area contributed by atoms with E-state index in [-0.39, 0.29) is 0 Å². The average Bonchev–Trinajstić information content (AvgIpc) is 3.39. The summed E-state index contributed by atoms with van der Waals surface area (Å²) < 4.78 is 17.5. The van der Waals surface area contributed by atoms with Gasteiger partial charge in [0.05, 0.1) is 13.2 Å². The fourth-order valence-corrected chi connectivity index (χ4v) is 4.68. The molecule has 8 nitrogen and oxygen atoms in total. The number of nitrogens with one attached hydrogen (secondary N) is 1. The minimum atomic E-state index is 0.553. The number of furan rings is 1. The summed E-state index contributed by atoms with van der Waals surface area (Å²) in [5, 5.41) is 4.51. The van der Waals surface area contributed by atoms with Crippen LogP contribution in [0, 0.1) is 0 Å². The van der Waals surface area contributed by atoms with Gasteiger partial charge < -0.3 is 28.7 Å². The molecule has 4 heterocycles. The second kappa shape index (κ2) is 7.79. The number of pyridine rings is 1. The molecule has 166 valence electrons. The van der Waals surface area contributed by atoms with Crippen LogP contribution in [0.3, 0.4) is 0 Å². The monoisotopic (exact) mass is 433 g/mol. The van der Waals surface area contributed by atoms with Gasteiger partial charge in [0.15, 0.2) is 5.58 Å². The molecule has 1 N–H and O–H groups in total. The van der Waals surface area contributed by atoms with Crippen molar-refractivity contribution in [1.82, 2.24) is 14.9 Å². The van der Waals surface area contributed by atoms with E-state index in [4.69, 9.17) is 18.6 Å². The molecular formula is C24H27N5O3. The predicted octanol–water partition coefficient (Wildman–Crippen LogP) is 3.97. The van der Waals surface area contributed by atoms with Gasteiger partial charge in [-0.25, -0.2) is 0 Å². The molecule has 0 spiro atoms. The largest absolute Gasteiger partial charge is 0.442 e. The van der Waals surface area contributed by atoms with Gasteiger partial charge in [-0.3, -0.25) is 0 Å². The number of benzene rings is 1. The average molecular weight is 434 g/mol. The third kappa shape index (κ3) is 3.49. The van der Waals surface area contributed by atoms with Crippen molar-refractivity contribution in [2.24, 2.45) is 0 Å². The molecule has 1 fully saturated rings. The van der Waals surface area contributed by atoms with Crippen molar-refractivity contribution < 1.29 is 13.6 Å². The van der Waals surface area contributed by atoms with Gasteiger partial charge in [0, 0.05) is 42.2 Å². The molecule has 4 aromatic rings. The Labute approximate surface area is 186 Å². The Morgan fingerprint density at radius 3 is 2.78 bits per heavy atom. The molecule has 6 rings (SSSR count). The summed E-state index contributed by atoms with van der Waals surface area (Å²) in [7, 11) is 4.29. The van der Waals surface area contributed by atoms with Crippen molar-refractivity contribution in [3.8, 4) is 0 Å². The Morgan fingerprint density at radius 2 is 1.94 bits per heavy atom. The first-order chi connectivity index (χ1) is 15.6. The van der Waals surface area contributed by atoms with E-state index >= 15 is 0 Å². The highest BCUT2D eigenvalue weighted by Gasteiger charge is 2.26. The van der Waals surface area contributed by atoms with E-state index in [0.29, 0.717) is 31.0 Å². The molecule has 0 saturated carbocycles. The number of ether oxygens (including phenoxy) is 1. The van der Waals surface area contributed by atoms with Crippen LogP contribution in [0.5, 0.6) is 0 Å². The lowest BCUT2D eigenvalue weighted by atomic mass is 9.91. The zero-order valence-corrected chi connectivity index (χ0v) is 18.4. The van der Waals surface area contributed by atoms with Crippen LogP contribution in [0.1, 0.15) is 17.7 Å². The molecule has 8 heteroatoms. The first-order valence-electron chi connectivity index (χ1n) is 11.2. The number of oxazole rings is 1. The van der Waals surface area contributed by atoms with Crippen LogP contribution in [-0.2, 0) is 17.6 Å². The van der Waals surface area contributed by atoms with Crippen molar-refractivity contribution >= 4 is 39.7 Å². The number of morpholine rings is 1. The Balaban J connectivity index is 1.25. The smallest absolute Gasteiger partial charge is 0.298 e. The van der Waals surface area contributed by atoms with Crippen molar-refractivity contribution in [2.45, 2.75) is 25.3 Å². The minimum Gasteiger partial charge on any atom is -0.442 e. The van der Waals surface area contributed by atoms with E-state index < -0.39 is 0 Å². The summed E-state index contributed by atoms with van der Waals surface area (Å²) in [6.07, 6.45) is 3.10. The number of likely N-dealkylation sites (N-methyl/N-ethyl adjacent to an activating group) is 1. The van der Waals surface area contributed by atoms with E-state index in [1.165, 1.54) is 5.56 Å². The van der Waals surface area contributed by atoms with Gasteiger partial charge in [-0.2, -0.15) is 9.97 Å². The van der Waals surface area contributed by atoms with Crippen LogP contribution in [-0.4, -0.2) is 61.3 Å². The molecular weight excluding hydrogens is 406 g/mol. The lowest BCUT2D eigenvalue weighted by molar-refractivity contribution is 0.120. The molecule has 1 atom stereocenters. The van der Waals surface area contributed by atoms with Crippen LogP contribution < -0.4 is 10.2 Å². The number of fused-ring (bicyclic) bond motifs is 4. The van der Waals surface area contributed by atoms with Crippen LogP contribution in [0.2, 0.25) is 0 Å². The second-order valence-electron chi connectivity index (χ2n) is 8.82. The Bertz CT molecular complexity index is 1270. The van der Waals surface area contributed by atoms with Crippen LogP contribution in [0.15, 0.2) is 39.2 Å². The first kappa shape index (κ1) is 19.6.